The zero-order valence-electron chi connectivity index (χ0n) is 12.5. The average molecular weight is 301 g/mol. The first-order valence-electron chi connectivity index (χ1n) is 7.24. The van der Waals surface area contributed by atoms with Gasteiger partial charge < -0.3 is 15.8 Å². The maximum absolute atomic E-state index is 11.7. The number of likely N-dealkylation sites (N-methyl/N-ethyl adjacent to an activating group) is 1. The molecule has 1 aromatic heterocycles. The van der Waals surface area contributed by atoms with Crippen LogP contribution in [0.1, 0.15) is 5.82 Å². The molecule has 1 fully saturated rings. The zero-order valence-corrected chi connectivity index (χ0v) is 12.5. The van der Waals surface area contributed by atoms with Gasteiger partial charge in [-0.15, -0.1) is 0 Å². The molecule has 22 heavy (non-hydrogen) atoms. The highest BCUT2D eigenvalue weighted by molar-refractivity contribution is 5.87. The number of para-hydroxylation sites is 1. The number of nitrogens with two attached hydrogens (primary N) is 1. The molecule has 0 radical (unpaired) electrons. The Kier molecular flexibility index (Phi) is 4.17. The number of nitrogens with zero attached hydrogens (tertiary/aromatic N) is 3. The van der Waals surface area contributed by atoms with Gasteiger partial charge in [0.1, 0.15) is 17.7 Å². The molecule has 1 atom stereocenters. The number of benzene rings is 1. The van der Waals surface area contributed by atoms with E-state index in [1.54, 1.807) is 7.05 Å². The Morgan fingerprint density at radius 3 is 3.09 bits per heavy atom. The molecule has 1 unspecified atom stereocenters. The molecule has 1 saturated heterocycles. The van der Waals surface area contributed by atoms with Crippen molar-refractivity contribution in [1.29, 1.82) is 0 Å². The molecule has 3 N–H and O–H groups in total. The minimum absolute atomic E-state index is 0.108. The van der Waals surface area contributed by atoms with Gasteiger partial charge in [0.25, 0.3) is 0 Å². The quantitative estimate of drug-likeness (QED) is 0.839. The second-order valence-electron chi connectivity index (χ2n) is 5.25. The monoisotopic (exact) mass is 301 g/mol. The molecule has 0 spiro atoms. The highest BCUT2D eigenvalue weighted by Gasteiger charge is 2.26. The number of amides is 1. The molecule has 2 aromatic rings. The summed E-state index contributed by atoms with van der Waals surface area (Å²) in [6.07, 6.45) is -0.448. The Hall–Kier alpha value is -2.25. The third kappa shape index (κ3) is 3.00. The smallest absolute Gasteiger partial charge is 0.250 e. The SMILES string of the molecule is CNC(=O)C1CN(Cc2nc(N)c3ccccc3n2)CCO1. The third-order valence-electron chi connectivity index (χ3n) is 3.73. The largest absolute Gasteiger partial charge is 0.383 e. The van der Waals surface area contributed by atoms with Crippen LogP contribution in [0.25, 0.3) is 10.9 Å². The van der Waals surface area contributed by atoms with E-state index in [1.165, 1.54) is 0 Å². The van der Waals surface area contributed by atoms with Crippen LogP contribution in [-0.4, -0.2) is 53.6 Å². The van der Waals surface area contributed by atoms with Crippen molar-refractivity contribution in [3.8, 4) is 0 Å². The Labute approximate surface area is 128 Å². The second-order valence-corrected chi connectivity index (χ2v) is 5.25. The predicted octanol–water partition coefficient (Wildman–Crippen LogP) is 0.159. The van der Waals surface area contributed by atoms with Gasteiger partial charge in [0.05, 0.1) is 18.7 Å². The number of aromatic nitrogens is 2. The molecule has 2 heterocycles. The third-order valence-corrected chi connectivity index (χ3v) is 3.73. The Bertz CT molecular complexity index is 691. The van der Waals surface area contributed by atoms with Crippen molar-refractivity contribution in [2.24, 2.45) is 0 Å². The summed E-state index contributed by atoms with van der Waals surface area (Å²) >= 11 is 0. The first-order valence-corrected chi connectivity index (χ1v) is 7.24. The number of anilines is 1. The van der Waals surface area contributed by atoms with Crippen molar-refractivity contribution in [1.82, 2.24) is 20.2 Å². The maximum atomic E-state index is 11.7. The van der Waals surface area contributed by atoms with E-state index in [4.69, 9.17) is 10.5 Å². The average Bonchev–Trinajstić information content (AvgIpc) is 2.54. The number of morpholine rings is 1. The Morgan fingerprint density at radius 2 is 2.27 bits per heavy atom. The van der Waals surface area contributed by atoms with Gasteiger partial charge in [0, 0.05) is 25.5 Å². The number of ether oxygens (including phenoxy) is 1. The minimum Gasteiger partial charge on any atom is -0.383 e. The molecule has 3 rings (SSSR count). The molecule has 1 aliphatic heterocycles. The van der Waals surface area contributed by atoms with Gasteiger partial charge in [-0.1, -0.05) is 12.1 Å². The van der Waals surface area contributed by atoms with Crippen LogP contribution in [0.5, 0.6) is 0 Å². The number of hydrogen-bond donors (Lipinski definition) is 2. The van der Waals surface area contributed by atoms with E-state index in [9.17, 15) is 4.79 Å². The molecular formula is C15H19N5O2. The van der Waals surface area contributed by atoms with Crippen LogP contribution in [0.2, 0.25) is 0 Å². The van der Waals surface area contributed by atoms with E-state index in [0.29, 0.717) is 31.3 Å². The minimum atomic E-state index is -0.448. The summed E-state index contributed by atoms with van der Waals surface area (Å²) in [6, 6.07) is 7.67. The van der Waals surface area contributed by atoms with Crippen molar-refractivity contribution >= 4 is 22.6 Å². The molecule has 7 heteroatoms. The maximum Gasteiger partial charge on any atom is 0.250 e. The summed E-state index contributed by atoms with van der Waals surface area (Å²) in [7, 11) is 1.61. The van der Waals surface area contributed by atoms with Crippen molar-refractivity contribution < 1.29 is 9.53 Å². The van der Waals surface area contributed by atoms with Gasteiger partial charge in [-0.2, -0.15) is 0 Å². The molecule has 0 bridgehead atoms. The number of nitrogen functional groups attached to an aromatic ring is 1. The van der Waals surface area contributed by atoms with Crippen LogP contribution in [0.15, 0.2) is 24.3 Å². The molecule has 1 amide bonds. The normalized spacial score (nSPS) is 19.2. The lowest BCUT2D eigenvalue weighted by Crippen LogP contribution is -2.48. The molecule has 7 nitrogen and oxygen atoms in total. The summed E-state index contributed by atoms with van der Waals surface area (Å²) < 4.78 is 5.47. The summed E-state index contributed by atoms with van der Waals surface area (Å²) in [5, 5.41) is 3.47. The predicted molar refractivity (Wildman–Crippen MR) is 83.0 cm³/mol. The topological polar surface area (TPSA) is 93.4 Å². The molecule has 1 aliphatic rings. The van der Waals surface area contributed by atoms with Crippen molar-refractivity contribution in [3.05, 3.63) is 30.1 Å². The van der Waals surface area contributed by atoms with E-state index in [1.807, 2.05) is 24.3 Å². The van der Waals surface area contributed by atoms with Gasteiger partial charge in [-0.05, 0) is 12.1 Å². The van der Waals surface area contributed by atoms with Gasteiger partial charge in [0.2, 0.25) is 5.91 Å². The fourth-order valence-electron chi connectivity index (χ4n) is 2.59. The Morgan fingerprint density at radius 1 is 1.45 bits per heavy atom. The van der Waals surface area contributed by atoms with Crippen LogP contribution >= 0.6 is 0 Å². The number of fused-ring (bicyclic) bond motifs is 1. The first-order chi connectivity index (χ1) is 10.7. The second kappa shape index (κ2) is 6.25. The summed E-state index contributed by atoms with van der Waals surface area (Å²) in [6.45, 7) is 2.33. The summed E-state index contributed by atoms with van der Waals surface area (Å²) in [4.78, 5) is 22.7. The number of carbonyl (C=O) groups is 1. The van der Waals surface area contributed by atoms with Crippen molar-refractivity contribution in [2.75, 3.05) is 32.5 Å². The molecule has 0 aliphatic carbocycles. The van der Waals surface area contributed by atoms with E-state index >= 15 is 0 Å². The summed E-state index contributed by atoms with van der Waals surface area (Å²) in [5.41, 5.74) is 6.84. The van der Waals surface area contributed by atoms with E-state index in [0.717, 1.165) is 17.4 Å². The van der Waals surface area contributed by atoms with Gasteiger partial charge in [-0.25, -0.2) is 9.97 Å². The molecular weight excluding hydrogens is 282 g/mol. The van der Waals surface area contributed by atoms with Crippen LogP contribution in [0.4, 0.5) is 5.82 Å². The van der Waals surface area contributed by atoms with Crippen LogP contribution in [-0.2, 0) is 16.1 Å². The van der Waals surface area contributed by atoms with Crippen LogP contribution in [0.3, 0.4) is 0 Å². The number of rotatable bonds is 3. The highest BCUT2D eigenvalue weighted by Crippen LogP contribution is 2.18. The fraction of sp³-hybridized carbons (Fsp3) is 0.400. The number of carbonyl (C=O) groups excluding carboxylic acids is 1. The lowest BCUT2D eigenvalue weighted by Gasteiger charge is -2.31. The first kappa shape index (κ1) is 14.7. The fourth-order valence-corrected chi connectivity index (χ4v) is 2.59. The number of nitrogens with one attached hydrogen (secondary N) is 1. The van der Waals surface area contributed by atoms with Gasteiger partial charge in [0.15, 0.2) is 0 Å². The molecule has 116 valence electrons. The standard InChI is InChI=1S/C15H19N5O2/c1-17-15(21)12-8-20(6-7-22-12)9-13-18-11-5-3-2-4-10(11)14(16)19-13/h2-5,12H,6-9H2,1H3,(H,17,21)(H2,16,18,19). The van der Waals surface area contributed by atoms with Crippen molar-refractivity contribution in [3.63, 3.8) is 0 Å². The number of hydrogen-bond acceptors (Lipinski definition) is 6. The lowest BCUT2D eigenvalue weighted by molar-refractivity contribution is -0.138. The highest BCUT2D eigenvalue weighted by atomic mass is 16.5. The molecule has 1 aromatic carbocycles. The van der Waals surface area contributed by atoms with Gasteiger partial charge in [-0.3, -0.25) is 9.69 Å². The molecule has 0 saturated carbocycles. The van der Waals surface area contributed by atoms with Crippen LogP contribution < -0.4 is 11.1 Å². The summed E-state index contributed by atoms with van der Waals surface area (Å²) in [5.74, 6) is 1.04. The van der Waals surface area contributed by atoms with Crippen molar-refractivity contribution in [2.45, 2.75) is 12.6 Å². The van der Waals surface area contributed by atoms with E-state index in [2.05, 4.69) is 20.2 Å². The Balaban J connectivity index is 1.76. The zero-order chi connectivity index (χ0) is 15.5. The van der Waals surface area contributed by atoms with Gasteiger partial charge >= 0.3 is 0 Å². The van der Waals surface area contributed by atoms with E-state index < -0.39 is 6.10 Å². The lowest BCUT2D eigenvalue weighted by atomic mass is 10.2. The van der Waals surface area contributed by atoms with Crippen LogP contribution in [0, 0.1) is 0 Å². The van der Waals surface area contributed by atoms with E-state index in [-0.39, 0.29) is 5.91 Å².